The number of para-hydroxylation sites is 1. The van der Waals surface area contributed by atoms with Crippen LogP contribution in [0.25, 0.3) is 0 Å². The second-order valence-electron chi connectivity index (χ2n) is 6.21. The number of anilines is 1. The average Bonchev–Trinajstić information content (AvgIpc) is 2.96. The fourth-order valence-electron chi connectivity index (χ4n) is 2.78. The zero-order valence-electron chi connectivity index (χ0n) is 14.0. The van der Waals surface area contributed by atoms with Gasteiger partial charge in [-0.1, -0.05) is 12.1 Å². The van der Waals surface area contributed by atoms with E-state index in [1.807, 2.05) is 0 Å². The molecule has 9 heteroatoms. The van der Waals surface area contributed by atoms with Crippen LogP contribution in [0, 0.1) is 11.6 Å². The number of halogens is 2. The van der Waals surface area contributed by atoms with Gasteiger partial charge in [0.15, 0.2) is 9.84 Å². The molecule has 0 saturated carbocycles. The predicted octanol–water partition coefficient (Wildman–Crippen LogP) is 2.13. The van der Waals surface area contributed by atoms with Gasteiger partial charge in [-0.3, -0.25) is 9.59 Å². The Bertz CT molecular complexity index is 988. The van der Waals surface area contributed by atoms with Gasteiger partial charge >= 0.3 is 0 Å². The van der Waals surface area contributed by atoms with Gasteiger partial charge in [0.1, 0.15) is 17.3 Å². The molecule has 0 bridgehead atoms. The number of hydrogen-bond acceptors (Lipinski definition) is 4. The van der Waals surface area contributed by atoms with Crippen molar-refractivity contribution < 1.29 is 26.8 Å². The molecule has 3 rings (SSSR count). The molecular weight excluding hydrogens is 378 g/mol. The first-order chi connectivity index (χ1) is 12.7. The van der Waals surface area contributed by atoms with E-state index in [0.717, 1.165) is 12.1 Å². The number of carbonyl (C=O) groups excluding carboxylic acids is 2. The molecule has 0 spiro atoms. The number of hydrogen-bond donors (Lipinski definition) is 2. The van der Waals surface area contributed by atoms with Crippen molar-refractivity contribution in [2.45, 2.75) is 12.5 Å². The molecule has 6 nitrogen and oxygen atoms in total. The van der Waals surface area contributed by atoms with Crippen LogP contribution >= 0.6 is 0 Å². The maximum absolute atomic E-state index is 13.7. The molecule has 0 aliphatic carbocycles. The highest BCUT2D eigenvalue weighted by atomic mass is 32.2. The molecule has 1 heterocycles. The van der Waals surface area contributed by atoms with E-state index in [0.29, 0.717) is 6.42 Å². The summed E-state index contributed by atoms with van der Waals surface area (Å²) < 4.78 is 50.2. The SMILES string of the molecule is O=C(Nc1c(F)cccc1F)c1cccc(C(=O)NC2CCS(=O)(=O)C2)c1. The van der Waals surface area contributed by atoms with Crippen LogP contribution < -0.4 is 10.6 Å². The van der Waals surface area contributed by atoms with E-state index in [4.69, 9.17) is 0 Å². The summed E-state index contributed by atoms with van der Waals surface area (Å²) >= 11 is 0. The van der Waals surface area contributed by atoms with Crippen molar-refractivity contribution in [1.82, 2.24) is 5.32 Å². The molecule has 1 fully saturated rings. The van der Waals surface area contributed by atoms with E-state index in [9.17, 15) is 26.8 Å². The lowest BCUT2D eigenvalue weighted by Crippen LogP contribution is -2.35. The van der Waals surface area contributed by atoms with Crippen LogP contribution in [0.1, 0.15) is 27.1 Å². The van der Waals surface area contributed by atoms with Crippen molar-refractivity contribution in [3.8, 4) is 0 Å². The Balaban J connectivity index is 1.73. The highest BCUT2D eigenvalue weighted by molar-refractivity contribution is 7.91. The monoisotopic (exact) mass is 394 g/mol. The van der Waals surface area contributed by atoms with Gasteiger partial charge in [0.25, 0.3) is 11.8 Å². The van der Waals surface area contributed by atoms with Gasteiger partial charge in [-0.05, 0) is 36.8 Å². The van der Waals surface area contributed by atoms with E-state index in [-0.39, 0.29) is 22.6 Å². The summed E-state index contributed by atoms with van der Waals surface area (Å²) in [5.74, 6) is -3.24. The molecule has 2 aromatic rings. The molecule has 0 radical (unpaired) electrons. The lowest BCUT2D eigenvalue weighted by Gasteiger charge is -2.12. The van der Waals surface area contributed by atoms with E-state index in [1.165, 1.54) is 30.3 Å². The van der Waals surface area contributed by atoms with E-state index >= 15 is 0 Å². The van der Waals surface area contributed by atoms with Crippen LogP contribution in [0.3, 0.4) is 0 Å². The standard InChI is InChI=1S/C18H16F2N2O4S/c19-14-5-2-6-15(20)16(14)22-18(24)12-4-1-3-11(9-12)17(23)21-13-7-8-27(25,26)10-13/h1-6,9,13H,7-8,10H2,(H,21,23)(H,22,24). The Morgan fingerprint density at radius 1 is 0.963 bits per heavy atom. The smallest absolute Gasteiger partial charge is 0.255 e. The van der Waals surface area contributed by atoms with Crippen LogP contribution in [0.5, 0.6) is 0 Å². The fourth-order valence-corrected chi connectivity index (χ4v) is 4.46. The van der Waals surface area contributed by atoms with E-state index in [1.54, 1.807) is 0 Å². The molecule has 1 atom stereocenters. The number of sulfone groups is 1. The third-order valence-corrected chi connectivity index (χ3v) is 5.92. The average molecular weight is 394 g/mol. The zero-order valence-corrected chi connectivity index (χ0v) is 14.9. The third kappa shape index (κ3) is 4.48. The summed E-state index contributed by atoms with van der Waals surface area (Å²) in [5, 5.41) is 4.76. The molecule has 1 aliphatic heterocycles. The third-order valence-electron chi connectivity index (χ3n) is 4.16. The molecular formula is C18H16F2N2O4S. The summed E-state index contributed by atoms with van der Waals surface area (Å²) in [6.45, 7) is 0. The fraction of sp³-hybridized carbons (Fsp3) is 0.222. The van der Waals surface area contributed by atoms with Gasteiger partial charge in [0, 0.05) is 17.2 Å². The van der Waals surface area contributed by atoms with Gasteiger partial charge in [-0.2, -0.15) is 0 Å². The second-order valence-corrected chi connectivity index (χ2v) is 8.43. The molecule has 2 aromatic carbocycles. The van der Waals surface area contributed by atoms with Crippen LogP contribution in [0.15, 0.2) is 42.5 Å². The minimum atomic E-state index is -3.14. The Hall–Kier alpha value is -2.81. The first-order valence-electron chi connectivity index (χ1n) is 8.12. The maximum Gasteiger partial charge on any atom is 0.255 e. The molecule has 2 N–H and O–H groups in total. The normalized spacial score (nSPS) is 18.1. The van der Waals surface area contributed by atoms with Crippen LogP contribution in [0.4, 0.5) is 14.5 Å². The summed E-state index contributed by atoms with van der Waals surface area (Å²) in [6.07, 6.45) is 0.334. The molecule has 142 valence electrons. The predicted molar refractivity (Wildman–Crippen MR) is 95.3 cm³/mol. The number of rotatable bonds is 4. The maximum atomic E-state index is 13.7. The second kappa shape index (κ2) is 7.43. The Labute approximate surface area is 154 Å². The minimum Gasteiger partial charge on any atom is -0.348 e. The summed E-state index contributed by atoms with van der Waals surface area (Å²) in [4.78, 5) is 24.6. The van der Waals surface area contributed by atoms with E-state index < -0.39 is 45.0 Å². The minimum absolute atomic E-state index is 0.0224. The van der Waals surface area contributed by atoms with Gasteiger partial charge < -0.3 is 10.6 Å². The molecule has 0 aromatic heterocycles. The topological polar surface area (TPSA) is 92.3 Å². The Morgan fingerprint density at radius 2 is 1.56 bits per heavy atom. The molecule has 1 aliphatic rings. The van der Waals surface area contributed by atoms with Gasteiger partial charge in [0.2, 0.25) is 0 Å². The highest BCUT2D eigenvalue weighted by Crippen LogP contribution is 2.19. The van der Waals surface area contributed by atoms with E-state index in [2.05, 4.69) is 10.6 Å². The van der Waals surface area contributed by atoms with Crippen molar-refractivity contribution in [2.24, 2.45) is 0 Å². The Kier molecular flexibility index (Phi) is 5.22. The molecule has 1 unspecified atom stereocenters. The van der Waals surface area contributed by atoms with Crippen molar-refractivity contribution in [3.05, 3.63) is 65.2 Å². The first kappa shape index (κ1) is 19.0. The molecule has 2 amide bonds. The van der Waals surface area contributed by atoms with Crippen molar-refractivity contribution in [3.63, 3.8) is 0 Å². The van der Waals surface area contributed by atoms with Crippen molar-refractivity contribution >= 4 is 27.3 Å². The summed E-state index contributed by atoms with van der Waals surface area (Å²) in [6, 6.07) is 8.29. The number of nitrogens with one attached hydrogen (secondary N) is 2. The van der Waals surface area contributed by atoms with Gasteiger partial charge in [0.05, 0.1) is 11.5 Å². The number of benzene rings is 2. The van der Waals surface area contributed by atoms with Crippen LogP contribution in [-0.2, 0) is 9.84 Å². The van der Waals surface area contributed by atoms with Crippen molar-refractivity contribution in [1.29, 1.82) is 0 Å². The number of carbonyl (C=O) groups is 2. The summed E-state index contributed by atoms with van der Waals surface area (Å²) in [7, 11) is -3.14. The number of amides is 2. The van der Waals surface area contributed by atoms with Gasteiger partial charge in [-0.25, -0.2) is 17.2 Å². The zero-order chi connectivity index (χ0) is 19.6. The lowest BCUT2D eigenvalue weighted by atomic mass is 10.1. The lowest BCUT2D eigenvalue weighted by molar-refractivity contribution is 0.0941. The molecule has 1 saturated heterocycles. The largest absolute Gasteiger partial charge is 0.348 e. The highest BCUT2D eigenvalue weighted by Gasteiger charge is 2.29. The van der Waals surface area contributed by atoms with Crippen LogP contribution in [-0.4, -0.2) is 37.8 Å². The van der Waals surface area contributed by atoms with Gasteiger partial charge in [-0.15, -0.1) is 0 Å². The quantitative estimate of drug-likeness (QED) is 0.831. The Morgan fingerprint density at radius 3 is 2.15 bits per heavy atom. The van der Waals surface area contributed by atoms with Crippen LogP contribution in [0.2, 0.25) is 0 Å². The molecule has 27 heavy (non-hydrogen) atoms. The summed E-state index contributed by atoms with van der Waals surface area (Å²) in [5.41, 5.74) is -0.404. The van der Waals surface area contributed by atoms with Crippen molar-refractivity contribution in [2.75, 3.05) is 16.8 Å². The first-order valence-corrected chi connectivity index (χ1v) is 9.94.